The Bertz CT molecular complexity index is 1060. The fraction of sp³-hybridized carbons (Fsp3) is 0.182. The van der Waals surface area contributed by atoms with Crippen molar-refractivity contribution < 1.29 is 4.74 Å². The minimum atomic E-state index is 0.282. The summed E-state index contributed by atoms with van der Waals surface area (Å²) in [6.07, 6.45) is 1.66. The van der Waals surface area contributed by atoms with Crippen LogP contribution >= 0.6 is 11.8 Å². The fourth-order valence-electron chi connectivity index (χ4n) is 3.20. The molecule has 4 rings (SSSR count). The highest BCUT2D eigenvalue weighted by atomic mass is 32.2. The Morgan fingerprint density at radius 2 is 1.70 bits per heavy atom. The molecular formula is C22H21N3OS. The van der Waals surface area contributed by atoms with Gasteiger partial charge in [0.1, 0.15) is 22.7 Å². The van der Waals surface area contributed by atoms with Crippen LogP contribution in [0, 0.1) is 0 Å². The first-order valence-electron chi connectivity index (χ1n) is 8.90. The van der Waals surface area contributed by atoms with E-state index in [0.717, 1.165) is 33.1 Å². The summed E-state index contributed by atoms with van der Waals surface area (Å²) in [5.74, 6) is 0.853. The first-order chi connectivity index (χ1) is 13.2. The van der Waals surface area contributed by atoms with Crippen molar-refractivity contribution in [1.29, 1.82) is 0 Å². The highest BCUT2D eigenvalue weighted by Crippen LogP contribution is 2.37. The highest BCUT2D eigenvalue weighted by Gasteiger charge is 2.17. The van der Waals surface area contributed by atoms with Gasteiger partial charge in [-0.2, -0.15) is 0 Å². The summed E-state index contributed by atoms with van der Waals surface area (Å²) in [6, 6.07) is 20.9. The zero-order valence-electron chi connectivity index (χ0n) is 15.6. The average Bonchev–Trinajstić information content (AvgIpc) is 3.10. The summed E-state index contributed by atoms with van der Waals surface area (Å²) >= 11 is 1.67. The van der Waals surface area contributed by atoms with Crippen LogP contribution in [0.4, 0.5) is 0 Å². The third-order valence-corrected chi connectivity index (χ3v) is 5.48. The van der Waals surface area contributed by atoms with Gasteiger partial charge < -0.3 is 9.30 Å². The molecule has 0 amide bonds. The van der Waals surface area contributed by atoms with Crippen LogP contribution in [0.2, 0.25) is 0 Å². The van der Waals surface area contributed by atoms with Crippen LogP contribution in [-0.2, 0) is 0 Å². The van der Waals surface area contributed by atoms with Crippen LogP contribution in [0.3, 0.4) is 0 Å². The van der Waals surface area contributed by atoms with Crippen molar-refractivity contribution in [3.8, 4) is 17.0 Å². The molecule has 2 aromatic carbocycles. The van der Waals surface area contributed by atoms with E-state index in [1.807, 2.05) is 30.3 Å². The second kappa shape index (κ2) is 7.45. The molecule has 0 saturated carbocycles. The van der Waals surface area contributed by atoms with E-state index in [9.17, 15) is 0 Å². The summed E-state index contributed by atoms with van der Waals surface area (Å²) in [6.45, 7) is 4.36. The van der Waals surface area contributed by atoms with E-state index < -0.39 is 0 Å². The monoisotopic (exact) mass is 375 g/mol. The second-order valence-corrected chi connectivity index (χ2v) is 7.62. The van der Waals surface area contributed by atoms with Crippen LogP contribution in [0.25, 0.3) is 22.3 Å². The number of nitrogens with zero attached hydrogens (tertiary/aromatic N) is 3. The van der Waals surface area contributed by atoms with Crippen LogP contribution in [0.1, 0.15) is 19.9 Å². The third-order valence-electron chi connectivity index (χ3n) is 4.46. The highest BCUT2D eigenvalue weighted by molar-refractivity contribution is 7.99. The third kappa shape index (κ3) is 3.43. The van der Waals surface area contributed by atoms with Gasteiger partial charge in [0.15, 0.2) is 0 Å². The van der Waals surface area contributed by atoms with E-state index in [2.05, 4.69) is 58.7 Å². The van der Waals surface area contributed by atoms with Gasteiger partial charge >= 0.3 is 0 Å². The molecule has 0 aliphatic heterocycles. The minimum absolute atomic E-state index is 0.282. The van der Waals surface area contributed by atoms with E-state index in [1.165, 1.54) is 4.90 Å². The van der Waals surface area contributed by atoms with Crippen molar-refractivity contribution in [1.82, 2.24) is 14.5 Å². The SMILES string of the molecule is COc1ccc(-c2cc3c(Sc4ccccc4)ncnc3n2C(C)C)cc1. The van der Waals surface area contributed by atoms with Gasteiger partial charge in [-0.15, -0.1) is 0 Å². The van der Waals surface area contributed by atoms with Gasteiger partial charge in [-0.05, 0) is 61.9 Å². The second-order valence-electron chi connectivity index (χ2n) is 6.55. The predicted molar refractivity (Wildman–Crippen MR) is 110 cm³/mol. The molecule has 0 saturated heterocycles. The van der Waals surface area contributed by atoms with Crippen LogP contribution < -0.4 is 4.74 Å². The normalized spacial score (nSPS) is 11.3. The molecule has 2 heterocycles. The van der Waals surface area contributed by atoms with Crippen LogP contribution in [0.5, 0.6) is 5.75 Å². The van der Waals surface area contributed by atoms with Gasteiger partial charge in [-0.3, -0.25) is 0 Å². The number of methoxy groups -OCH3 is 1. The Balaban J connectivity index is 1.86. The summed E-state index contributed by atoms with van der Waals surface area (Å²) in [7, 11) is 1.68. The largest absolute Gasteiger partial charge is 0.497 e. The minimum Gasteiger partial charge on any atom is -0.497 e. The molecule has 5 heteroatoms. The molecule has 4 aromatic rings. The average molecular weight is 375 g/mol. The van der Waals surface area contributed by atoms with E-state index >= 15 is 0 Å². The Morgan fingerprint density at radius 1 is 0.963 bits per heavy atom. The number of benzene rings is 2. The summed E-state index contributed by atoms with van der Waals surface area (Å²) < 4.78 is 7.57. The molecule has 0 atom stereocenters. The van der Waals surface area contributed by atoms with Crippen molar-refractivity contribution in [3.63, 3.8) is 0 Å². The molecule has 0 fully saturated rings. The van der Waals surface area contributed by atoms with Gasteiger partial charge in [-0.1, -0.05) is 30.0 Å². The zero-order chi connectivity index (χ0) is 18.8. The molecule has 0 radical (unpaired) electrons. The predicted octanol–water partition coefficient (Wildman–Crippen LogP) is 5.84. The molecule has 0 bridgehead atoms. The number of fused-ring (bicyclic) bond motifs is 1. The standard InChI is InChI=1S/C22H21N3OS/c1-15(2)25-20(16-9-11-17(26-3)12-10-16)13-19-21(25)23-14-24-22(19)27-18-7-5-4-6-8-18/h4-15H,1-3H3. The molecule has 0 aliphatic carbocycles. The number of hydrogen-bond donors (Lipinski definition) is 0. The molecule has 2 aromatic heterocycles. The molecule has 0 spiro atoms. The molecule has 4 nitrogen and oxygen atoms in total. The molecular weight excluding hydrogens is 354 g/mol. The fourth-order valence-corrected chi connectivity index (χ4v) is 4.07. The summed E-state index contributed by atoms with van der Waals surface area (Å²) in [5, 5.41) is 2.05. The zero-order valence-corrected chi connectivity index (χ0v) is 16.4. The van der Waals surface area contributed by atoms with E-state index in [4.69, 9.17) is 4.74 Å². The lowest BCUT2D eigenvalue weighted by atomic mass is 10.1. The van der Waals surface area contributed by atoms with Gasteiger partial charge in [0.25, 0.3) is 0 Å². The molecule has 27 heavy (non-hydrogen) atoms. The Kier molecular flexibility index (Phi) is 4.86. The van der Waals surface area contributed by atoms with Gasteiger partial charge in [0.05, 0.1) is 18.2 Å². The molecule has 0 aliphatic rings. The van der Waals surface area contributed by atoms with E-state index in [-0.39, 0.29) is 6.04 Å². The topological polar surface area (TPSA) is 39.9 Å². The lowest BCUT2D eigenvalue weighted by molar-refractivity contribution is 0.415. The summed E-state index contributed by atoms with van der Waals surface area (Å²) in [5.41, 5.74) is 3.24. The molecule has 0 unspecified atom stereocenters. The van der Waals surface area contributed by atoms with E-state index in [0.29, 0.717) is 0 Å². The number of ether oxygens (including phenoxy) is 1. The van der Waals surface area contributed by atoms with Gasteiger partial charge in [-0.25, -0.2) is 9.97 Å². The Hall–Kier alpha value is -2.79. The lowest BCUT2D eigenvalue weighted by Crippen LogP contribution is -2.03. The van der Waals surface area contributed by atoms with Crippen molar-refractivity contribution in [2.75, 3.05) is 7.11 Å². The Labute approximate surface area is 163 Å². The number of hydrogen-bond acceptors (Lipinski definition) is 4. The van der Waals surface area contributed by atoms with Crippen molar-refractivity contribution in [3.05, 3.63) is 67.0 Å². The first kappa shape index (κ1) is 17.6. The Morgan fingerprint density at radius 3 is 2.37 bits per heavy atom. The van der Waals surface area contributed by atoms with Gasteiger partial charge in [0.2, 0.25) is 0 Å². The van der Waals surface area contributed by atoms with Crippen LogP contribution in [0.15, 0.2) is 76.9 Å². The van der Waals surface area contributed by atoms with Crippen molar-refractivity contribution in [2.24, 2.45) is 0 Å². The van der Waals surface area contributed by atoms with Crippen molar-refractivity contribution in [2.45, 2.75) is 29.8 Å². The van der Waals surface area contributed by atoms with E-state index in [1.54, 1.807) is 25.2 Å². The quantitative estimate of drug-likeness (QED) is 0.411. The maximum Gasteiger partial charge on any atom is 0.145 e. The first-order valence-corrected chi connectivity index (χ1v) is 9.72. The number of rotatable bonds is 5. The van der Waals surface area contributed by atoms with Crippen molar-refractivity contribution >= 4 is 22.8 Å². The van der Waals surface area contributed by atoms with Crippen LogP contribution in [-0.4, -0.2) is 21.6 Å². The molecule has 0 N–H and O–H groups in total. The lowest BCUT2D eigenvalue weighted by Gasteiger charge is -2.14. The van der Waals surface area contributed by atoms with Gasteiger partial charge in [0, 0.05) is 10.9 Å². The summed E-state index contributed by atoms with van der Waals surface area (Å²) in [4.78, 5) is 10.3. The number of aromatic nitrogens is 3. The maximum absolute atomic E-state index is 5.29. The molecule has 136 valence electrons. The smallest absolute Gasteiger partial charge is 0.145 e. The maximum atomic E-state index is 5.29.